The van der Waals surface area contributed by atoms with Crippen molar-refractivity contribution < 1.29 is 35.5 Å². The molecule has 4 aromatic rings. The van der Waals surface area contributed by atoms with Gasteiger partial charge in [0.15, 0.2) is 0 Å². The van der Waals surface area contributed by atoms with Gasteiger partial charge in [-0.05, 0) is 72.2 Å². The average Bonchev–Trinajstić information content (AvgIpc) is 3.66. The van der Waals surface area contributed by atoms with Crippen LogP contribution in [0.25, 0.3) is 11.0 Å². The second-order valence-corrected chi connectivity index (χ2v) is 11.4. The lowest BCUT2D eigenvalue weighted by Crippen LogP contribution is -2.28. The van der Waals surface area contributed by atoms with Crippen LogP contribution in [0.5, 0.6) is 0 Å². The molecule has 1 amide bonds. The van der Waals surface area contributed by atoms with Gasteiger partial charge in [-0.1, -0.05) is 34.1 Å². The van der Waals surface area contributed by atoms with Crippen LogP contribution < -0.4 is 10.0 Å². The second-order valence-electron chi connectivity index (χ2n) is 9.64. The molecule has 6 nitrogen and oxygen atoms in total. The number of furan rings is 1. The molecule has 1 atom stereocenters. The van der Waals surface area contributed by atoms with Gasteiger partial charge < -0.3 is 10.2 Å². The standard InChI is InChI=1S/C28H23BrF4N2O4S/c29-22-8-3-16(11-21(22)28(31,32)33)9-10-35(40(37)38)23-14-24-20(13-19(23)17-4-5-17)26(27(34)36)25(39-24)12-15-1-6-18(30)7-2-15/h1-3,6-8,11,13-14,17H,4-5,9-10,12H2,(H2,34,36)(H,37,38). The summed E-state index contributed by atoms with van der Waals surface area (Å²) in [5.41, 5.74) is 7.48. The predicted molar refractivity (Wildman–Crippen MR) is 147 cm³/mol. The fraction of sp³-hybridized carbons (Fsp3) is 0.250. The molecular formula is C28H23BrF4N2O4S. The number of nitrogens with zero attached hydrogens (tertiary/aromatic N) is 1. The number of rotatable bonds is 9. The Morgan fingerprint density at radius 1 is 1.10 bits per heavy atom. The van der Waals surface area contributed by atoms with Gasteiger partial charge in [0.05, 0.1) is 16.8 Å². The zero-order valence-corrected chi connectivity index (χ0v) is 23.2. The molecule has 0 spiro atoms. The first-order valence-corrected chi connectivity index (χ1v) is 14.2. The van der Waals surface area contributed by atoms with Gasteiger partial charge in [-0.15, -0.1) is 0 Å². The SMILES string of the molecule is NC(=O)c1c(Cc2ccc(F)cc2)oc2cc(N(CCc3ccc(Br)c(C(F)(F)F)c3)S(=O)O)c(C3CC3)cc12. The summed E-state index contributed by atoms with van der Waals surface area (Å²) in [5.74, 6) is -0.758. The molecule has 5 rings (SSSR count). The lowest BCUT2D eigenvalue weighted by atomic mass is 10.0. The molecule has 0 radical (unpaired) electrons. The third-order valence-corrected chi connectivity index (χ3v) is 8.30. The predicted octanol–water partition coefficient (Wildman–Crippen LogP) is 7.11. The summed E-state index contributed by atoms with van der Waals surface area (Å²) < 4.78 is 83.3. The van der Waals surface area contributed by atoms with Gasteiger partial charge in [-0.3, -0.25) is 13.7 Å². The highest BCUT2D eigenvalue weighted by Gasteiger charge is 2.34. The van der Waals surface area contributed by atoms with Crippen molar-refractivity contribution in [3.05, 3.63) is 98.5 Å². The number of fused-ring (bicyclic) bond motifs is 1. The Hall–Kier alpha value is -3.22. The zero-order chi connectivity index (χ0) is 28.8. The number of primary amides is 1. The Kier molecular flexibility index (Phi) is 7.77. The third kappa shape index (κ3) is 5.93. The number of hydrogen-bond acceptors (Lipinski definition) is 3. The van der Waals surface area contributed by atoms with Crippen LogP contribution in [0.4, 0.5) is 23.2 Å². The average molecular weight is 639 g/mol. The molecule has 12 heteroatoms. The Morgan fingerprint density at radius 3 is 2.38 bits per heavy atom. The molecule has 1 aromatic heterocycles. The second kappa shape index (κ2) is 11.0. The Bertz CT molecular complexity index is 1620. The summed E-state index contributed by atoms with van der Waals surface area (Å²) in [6, 6.07) is 12.9. The van der Waals surface area contributed by atoms with Crippen LogP contribution in [-0.2, 0) is 30.3 Å². The van der Waals surface area contributed by atoms with Crippen molar-refractivity contribution in [2.75, 3.05) is 10.8 Å². The molecule has 1 saturated carbocycles. The molecular weight excluding hydrogens is 616 g/mol. The van der Waals surface area contributed by atoms with Crippen LogP contribution in [-0.4, -0.2) is 21.2 Å². The molecule has 1 aliphatic carbocycles. The number of nitrogens with two attached hydrogens (primary N) is 1. The highest BCUT2D eigenvalue weighted by molar-refractivity contribution is 9.10. The molecule has 1 unspecified atom stereocenters. The summed E-state index contributed by atoms with van der Waals surface area (Å²) in [6.07, 6.45) is -2.66. The number of carbonyl (C=O) groups is 1. The van der Waals surface area contributed by atoms with Crippen molar-refractivity contribution in [1.29, 1.82) is 0 Å². The molecule has 3 aromatic carbocycles. The lowest BCUT2D eigenvalue weighted by molar-refractivity contribution is -0.138. The maximum Gasteiger partial charge on any atom is 0.417 e. The van der Waals surface area contributed by atoms with E-state index in [1.165, 1.54) is 28.6 Å². The van der Waals surface area contributed by atoms with E-state index in [0.717, 1.165) is 24.5 Å². The molecule has 210 valence electrons. The van der Waals surface area contributed by atoms with Gasteiger partial charge in [-0.25, -0.2) is 8.60 Å². The van der Waals surface area contributed by atoms with Crippen molar-refractivity contribution in [2.24, 2.45) is 5.73 Å². The first-order chi connectivity index (χ1) is 18.9. The Morgan fingerprint density at radius 2 is 1.77 bits per heavy atom. The van der Waals surface area contributed by atoms with Crippen LogP contribution in [0.1, 0.15) is 57.1 Å². The highest BCUT2D eigenvalue weighted by Crippen LogP contribution is 2.47. The number of halogens is 5. The van der Waals surface area contributed by atoms with E-state index in [0.29, 0.717) is 22.2 Å². The number of anilines is 1. The van der Waals surface area contributed by atoms with Gasteiger partial charge >= 0.3 is 6.18 Å². The van der Waals surface area contributed by atoms with E-state index in [1.54, 1.807) is 24.3 Å². The summed E-state index contributed by atoms with van der Waals surface area (Å²) in [7, 11) is 0. The van der Waals surface area contributed by atoms with Gasteiger partial charge in [0.2, 0.25) is 0 Å². The first kappa shape index (κ1) is 28.3. The third-order valence-electron chi connectivity index (χ3n) is 6.85. The number of amides is 1. The van der Waals surface area contributed by atoms with E-state index in [2.05, 4.69) is 15.9 Å². The van der Waals surface area contributed by atoms with Gasteiger partial charge in [0, 0.05) is 28.9 Å². The molecule has 1 aliphatic rings. The van der Waals surface area contributed by atoms with E-state index >= 15 is 0 Å². The van der Waals surface area contributed by atoms with E-state index in [-0.39, 0.29) is 46.7 Å². The quantitative estimate of drug-likeness (QED) is 0.151. The normalized spacial score (nSPS) is 14.4. The van der Waals surface area contributed by atoms with E-state index < -0.39 is 34.7 Å². The van der Waals surface area contributed by atoms with Crippen LogP contribution in [0, 0.1) is 5.82 Å². The minimum Gasteiger partial charge on any atom is -0.460 e. The number of carbonyl (C=O) groups excluding carboxylic acids is 1. The summed E-state index contributed by atoms with van der Waals surface area (Å²) in [5, 5.41) is 0.460. The molecule has 0 bridgehead atoms. The first-order valence-electron chi connectivity index (χ1n) is 12.3. The molecule has 1 fully saturated rings. The van der Waals surface area contributed by atoms with Crippen molar-refractivity contribution >= 4 is 49.8 Å². The van der Waals surface area contributed by atoms with Crippen LogP contribution in [0.2, 0.25) is 0 Å². The molecule has 1 heterocycles. The van der Waals surface area contributed by atoms with Gasteiger partial charge in [-0.2, -0.15) is 13.2 Å². The van der Waals surface area contributed by atoms with Gasteiger partial charge in [0.25, 0.3) is 17.2 Å². The van der Waals surface area contributed by atoms with Crippen LogP contribution in [0.3, 0.4) is 0 Å². The minimum absolute atomic E-state index is 0.0565. The number of benzene rings is 3. The topological polar surface area (TPSA) is 96.8 Å². The largest absolute Gasteiger partial charge is 0.460 e. The number of alkyl halides is 3. The smallest absolute Gasteiger partial charge is 0.417 e. The Labute approximate surface area is 237 Å². The van der Waals surface area contributed by atoms with Crippen molar-refractivity contribution in [3.63, 3.8) is 0 Å². The molecule has 0 saturated heterocycles. The molecule has 0 aliphatic heterocycles. The fourth-order valence-electron chi connectivity index (χ4n) is 4.78. The van der Waals surface area contributed by atoms with Gasteiger partial charge in [0.1, 0.15) is 17.2 Å². The fourth-order valence-corrected chi connectivity index (χ4v) is 5.82. The summed E-state index contributed by atoms with van der Waals surface area (Å²) in [4.78, 5) is 12.5. The van der Waals surface area contributed by atoms with E-state index in [1.807, 2.05) is 0 Å². The summed E-state index contributed by atoms with van der Waals surface area (Å²) in [6.45, 7) is -0.0565. The van der Waals surface area contributed by atoms with Crippen LogP contribution in [0.15, 0.2) is 63.5 Å². The monoisotopic (exact) mass is 638 g/mol. The highest BCUT2D eigenvalue weighted by atomic mass is 79.9. The van der Waals surface area contributed by atoms with Crippen molar-refractivity contribution in [2.45, 2.75) is 37.8 Å². The molecule has 40 heavy (non-hydrogen) atoms. The molecule has 3 N–H and O–H groups in total. The van der Waals surface area contributed by atoms with E-state index in [9.17, 15) is 31.1 Å². The van der Waals surface area contributed by atoms with Crippen LogP contribution >= 0.6 is 15.9 Å². The van der Waals surface area contributed by atoms with Crippen molar-refractivity contribution in [1.82, 2.24) is 0 Å². The van der Waals surface area contributed by atoms with E-state index in [4.69, 9.17) is 10.2 Å². The number of hydrogen-bond donors (Lipinski definition) is 2. The maximum absolute atomic E-state index is 13.4. The summed E-state index contributed by atoms with van der Waals surface area (Å²) >= 11 is 0.420. The minimum atomic E-state index is -4.55. The lowest BCUT2D eigenvalue weighted by Gasteiger charge is -2.23. The zero-order valence-electron chi connectivity index (χ0n) is 20.8. The maximum atomic E-state index is 13.4. The Balaban J connectivity index is 1.53. The van der Waals surface area contributed by atoms with Crippen molar-refractivity contribution in [3.8, 4) is 0 Å².